The number of phosphoric ester groups is 2. The van der Waals surface area contributed by atoms with Crippen LogP contribution in [0.15, 0.2) is 34.9 Å². The van der Waals surface area contributed by atoms with Gasteiger partial charge in [0.25, 0.3) is 17.1 Å². The zero-order chi connectivity index (χ0) is 58.1. The van der Waals surface area contributed by atoms with Crippen LogP contribution in [0.4, 0.5) is 17.7 Å². The number of H-pyrrole nitrogens is 2. The monoisotopic (exact) mass is 1210 g/mol. The summed E-state index contributed by atoms with van der Waals surface area (Å²) in [6, 6.07) is -0.373. The van der Waals surface area contributed by atoms with Crippen LogP contribution in [0.25, 0.3) is 33.5 Å². The summed E-state index contributed by atoms with van der Waals surface area (Å²) in [5.74, 6) is -2.59. The Balaban J connectivity index is 0.897. The molecule has 3 aliphatic heterocycles. The third-order valence-electron chi connectivity index (χ3n) is 12.8. The number of nitrogens with zero attached hydrogens (tertiary/aromatic N) is 10. The highest BCUT2D eigenvalue weighted by Crippen LogP contribution is 2.68. The third kappa shape index (κ3) is 11.9. The van der Waals surface area contributed by atoms with Crippen molar-refractivity contribution in [2.24, 2.45) is 13.0 Å². The highest BCUT2D eigenvalue weighted by molar-refractivity contribution is 7.66. The van der Waals surface area contributed by atoms with Crippen LogP contribution in [0.3, 0.4) is 0 Å². The van der Waals surface area contributed by atoms with Gasteiger partial charge in [-0.25, -0.2) is 38.2 Å². The summed E-state index contributed by atoms with van der Waals surface area (Å²) in [5.41, 5.74) is 13.6. The van der Waals surface area contributed by atoms with Gasteiger partial charge < -0.3 is 80.9 Å². The first kappa shape index (κ1) is 59.0. The Hall–Kier alpha value is -5.60. The van der Waals surface area contributed by atoms with Crippen LogP contribution in [0.2, 0.25) is 0 Å². The molecule has 9 rings (SSSR count). The summed E-state index contributed by atoms with van der Waals surface area (Å²) in [6.07, 6.45) is -12.3. The molecule has 3 fully saturated rings. The molecule has 39 nitrogen and oxygen atoms in total. The van der Waals surface area contributed by atoms with Crippen molar-refractivity contribution in [2.75, 3.05) is 44.1 Å². The Kier molecular flexibility index (Phi) is 16.4. The SMILES string of the molecule is CO[C@@H]1[C@H](P(=O)(O)OCC2O[C@@H](n3cnc4c(=O)[nH]c(N)nc43)[C@H](O)[C@@H]2O)[C@@H](COP(=O)(O)OP(=O)(O)OP(=O)(O)OC[C@H]2O[C@@H]([n+]3cn(C)c4c(=O)[nH]c(N)nc43)[C@H](O)[C@@H]2CC(=O)NC(C)C)O[C@H]1n1cnc2c(N)ncnc21. The number of aliphatic hydroxyl groups excluding tert-OH is 3. The molecule has 16 atom stereocenters. The minimum absolute atomic E-state index is 0.0102. The molecule has 0 radical (unpaired) electrons. The third-order valence-corrected chi connectivity index (χ3v) is 18.9. The Labute approximate surface area is 446 Å². The Morgan fingerprint density at radius 1 is 0.762 bits per heavy atom. The minimum Gasteiger partial charge on any atom is -0.387 e. The fourth-order valence-corrected chi connectivity index (χ4v) is 14.7. The van der Waals surface area contributed by atoms with Crippen molar-refractivity contribution in [3.05, 3.63) is 46.0 Å². The van der Waals surface area contributed by atoms with Crippen LogP contribution in [-0.2, 0) is 71.2 Å². The molecule has 0 aromatic carbocycles. The number of aromatic amines is 2. The predicted octanol–water partition coefficient (Wildman–Crippen LogP) is -3.47. The minimum atomic E-state index is -6.26. The number of methoxy groups -OCH3 is 1. The first-order chi connectivity index (χ1) is 37.5. The lowest BCUT2D eigenvalue weighted by Crippen LogP contribution is -2.45. The summed E-state index contributed by atoms with van der Waals surface area (Å²) in [7, 11) is -21.0. The number of carbonyl (C=O) groups is 1. The van der Waals surface area contributed by atoms with E-state index in [0.717, 1.165) is 30.7 Å². The van der Waals surface area contributed by atoms with Crippen molar-refractivity contribution >= 4 is 88.2 Å². The van der Waals surface area contributed by atoms with Gasteiger partial charge in [0.2, 0.25) is 23.6 Å². The lowest BCUT2D eigenvalue weighted by atomic mass is 9.94. The lowest BCUT2D eigenvalue weighted by Gasteiger charge is -2.28. The molecule has 0 bridgehead atoms. The van der Waals surface area contributed by atoms with Crippen molar-refractivity contribution in [3.8, 4) is 0 Å². The molecular formula is C37H53N16O23P4+. The number of hydrogen-bond donors (Lipinski definition) is 13. The molecule has 6 aromatic heterocycles. The van der Waals surface area contributed by atoms with Gasteiger partial charge in [0, 0.05) is 25.5 Å². The molecule has 3 saturated heterocycles. The maximum Gasteiger partial charge on any atom is 0.490 e. The molecule has 1 amide bonds. The Bertz CT molecular complexity index is 3650. The summed E-state index contributed by atoms with van der Waals surface area (Å²) in [6.45, 7) is -0.0511. The zero-order valence-electron chi connectivity index (χ0n) is 41.8. The predicted molar refractivity (Wildman–Crippen MR) is 263 cm³/mol. The topological polar surface area (TPSA) is 562 Å². The normalized spacial score (nSPS) is 29.3. The maximum atomic E-state index is 14.5. The van der Waals surface area contributed by atoms with Gasteiger partial charge in [-0.15, -0.1) is 0 Å². The van der Waals surface area contributed by atoms with E-state index in [1.165, 1.54) is 27.1 Å². The molecule has 16 N–H and O–H groups in total. The highest BCUT2D eigenvalue weighted by atomic mass is 31.3. The number of fused-ring (bicyclic) bond motifs is 3. The Morgan fingerprint density at radius 3 is 2.02 bits per heavy atom. The smallest absolute Gasteiger partial charge is 0.387 e. The number of imidazole rings is 3. The van der Waals surface area contributed by atoms with Crippen LogP contribution < -0.4 is 38.2 Å². The number of nitrogens with two attached hydrogens (primary N) is 3. The van der Waals surface area contributed by atoms with Crippen molar-refractivity contribution in [1.29, 1.82) is 0 Å². The van der Waals surface area contributed by atoms with Gasteiger partial charge in [0.05, 0.1) is 45.6 Å². The number of aryl methyl sites for hydroxylation is 1. The molecular weight excluding hydrogens is 1160 g/mol. The van der Waals surface area contributed by atoms with E-state index in [1.807, 2.05) is 0 Å². The van der Waals surface area contributed by atoms with Gasteiger partial charge in [-0.2, -0.15) is 13.6 Å². The van der Waals surface area contributed by atoms with Gasteiger partial charge in [0.15, 0.2) is 41.4 Å². The number of hydrogen-bond acceptors (Lipinski definition) is 28. The van der Waals surface area contributed by atoms with E-state index in [2.05, 4.69) is 53.8 Å². The number of rotatable bonds is 21. The molecule has 3 aliphatic rings. The van der Waals surface area contributed by atoms with Gasteiger partial charge in [-0.1, -0.05) is 4.98 Å². The van der Waals surface area contributed by atoms with Crippen molar-refractivity contribution in [1.82, 2.24) is 58.9 Å². The number of nitrogen functional groups attached to an aromatic ring is 3. The molecule has 0 saturated carbocycles. The van der Waals surface area contributed by atoms with Crippen molar-refractivity contribution in [2.45, 2.75) is 93.4 Å². The number of phosphoric acid groups is 3. The summed E-state index contributed by atoms with van der Waals surface area (Å²) < 4.78 is 107. The standard InChI is InChI=1S/C37H52N16O23P4/c1-13(2)45-18(54)5-14-15(72-33(22(14)55)53-12-50(3)21-30(53)47-37(40)49-32(21)59)6-70-78(62,63)75-80(66,67)76-79(64,65)71-8-17-26(25(68-4)35(74-17)51-10-43-19-27(38)41-9-42-28(19)51)77(60,61)69-7-16-23(56)24(57)34(73-16)52-11-44-20-29(52)46-36(39)48-31(20)58/h9-17,22-26,33-35,55-57H,5-8H2,1-4H3,(H12-,38,39,40,41,42,45,46,47,48,49,54,58,59,60,61,62,63,64,65,66,67)/p+1/t14-,15-,16?,17-,22-,23-,24-,25-,26-,33-,34-,35-/m1/s1. The number of aromatic nitrogens is 12. The fraction of sp³-hybridized carbons (Fsp3) is 0.568. The van der Waals surface area contributed by atoms with Crippen molar-refractivity contribution < 1.29 is 104 Å². The van der Waals surface area contributed by atoms with Crippen molar-refractivity contribution in [3.63, 3.8) is 0 Å². The van der Waals surface area contributed by atoms with Crippen LogP contribution in [-0.4, -0.2) is 176 Å². The van der Waals surface area contributed by atoms with E-state index >= 15 is 0 Å². The molecule has 9 heterocycles. The number of carbonyl (C=O) groups excluding carboxylic acids is 1. The number of aliphatic hydroxyl groups is 3. The first-order valence-corrected chi connectivity index (χ1v) is 29.5. The van der Waals surface area contributed by atoms with Gasteiger partial charge in [-0.05, 0) is 13.8 Å². The molecule has 43 heteroatoms. The van der Waals surface area contributed by atoms with E-state index in [0.29, 0.717) is 0 Å². The van der Waals surface area contributed by atoms with Crippen LogP contribution in [0.1, 0.15) is 39.0 Å². The lowest BCUT2D eigenvalue weighted by molar-refractivity contribution is -0.745. The fourth-order valence-electron chi connectivity index (χ4n) is 9.42. The summed E-state index contributed by atoms with van der Waals surface area (Å²) in [5, 5.41) is 36.2. The second-order valence-electron chi connectivity index (χ2n) is 18.6. The quantitative estimate of drug-likeness (QED) is 0.0246. The average molecular weight is 1210 g/mol. The number of amides is 1. The van der Waals surface area contributed by atoms with Crippen LogP contribution >= 0.6 is 31.1 Å². The number of ether oxygens (including phenoxy) is 4. The molecule has 438 valence electrons. The van der Waals surface area contributed by atoms with E-state index in [-0.39, 0.29) is 57.2 Å². The second-order valence-corrected chi connectivity index (χ2v) is 25.2. The Morgan fingerprint density at radius 2 is 1.36 bits per heavy atom. The first-order valence-electron chi connectivity index (χ1n) is 23.4. The molecule has 0 aliphatic carbocycles. The maximum absolute atomic E-state index is 14.5. The van der Waals surface area contributed by atoms with E-state index in [9.17, 15) is 67.5 Å². The highest BCUT2D eigenvalue weighted by Gasteiger charge is 2.58. The molecule has 5 unspecified atom stereocenters. The zero-order valence-corrected chi connectivity index (χ0v) is 45.4. The van der Waals surface area contributed by atoms with Gasteiger partial charge >= 0.3 is 36.7 Å². The van der Waals surface area contributed by atoms with Crippen LogP contribution in [0, 0.1) is 5.92 Å². The number of anilines is 3. The van der Waals surface area contributed by atoms with Crippen LogP contribution in [0.5, 0.6) is 0 Å². The molecule has 80 heavy (non-hydrogen) atoms. The summed E-state index contributed by atoms with van der Waals surface area (Å²) in [4.78, 5) is 111. The van der Waals surface area contributed by atoms with E-state index in [1.54, 1.807) is 13.8 Å². The second kappa shape index (κ2) is 22.3. The molecule has 0 spiro atoms. The van der Waals surface area contributed by atoms with E-state index < -0.39 is 147 Å². The summed E-state index contributed by atoms with van der Waals surface area (Å²) >= 11 is 0. The largest absolute Gasteiger partial charge is 0.490 e. The van der Waals surface area contributed by atoms with E-state index in [4.69, 9.17) is 49.7 Å². The number of nitrogens with one attached hydrogen (secondary N) is 3. The van der Waals surface area contributed by atoms with Gasteiger partial charge in [0.1, 0.15) is 54.1 Å². The average Bonchev–Trinajstić information content (AvgIpc) is 4.43. The van der Waals surface area contributed by atoms with Gasteiger partial charge in [-0.3, -0.25) is 51.7 Å². The molecule has 6 aromatic rings.